The summed E-state index contributed by atoms with van der Waals surface area (Å²) < 4.78 is 81.5. The summed E-state index contributed by atoms with van der Waals surface area (Å²) in [5, 5.41) is 181. The maximum absolute atomic E-state index is 14.1. The highest BCUT2D eigenvalue weighted by Crippen LogP contribution is 2.82. The van der Waals surface area contributed by atoms with Crippen molar-refractivity contribution in [1.29, 1.82) is 0 Å². The second kappa shape index (κ2) is 28.8. The molecule has 0 unspecified atom stereocenters. The average molecular weight is 1450 g/mol. The van der Waals surface area contributed by atoms with Crippen molar-refractivity contribution in [3.05, 3.63) is 23.3 Å². The predicted molar refractivity (Wildman–Crippen MR) is 338 cm³/mol. The fraction of sp³-hybridized carbons (Fsp3) is 0.899. The molecule has 32 heteroatoms. The zero-order valence-corrected chi connectivity index (χ0v) is 59.1. The first kappa shape index (κ1) is 78.9. The summed E-state index contributed by atoms with van der Waals surface area (Å²) in [5.41, 5.74) is -6.00. The van der Waals surface area contributed by atoms with E-state index in [9.17, 15) is 96.1 Å². The standard InChI is InChI=1S/C69H108O32/c1-13-26(3)55(86)99-52-53(100-56(87)27(4)14-2)69-34(21-63(52,6)7)68(101-62(69)88)20-16-33-65(10)18-17-36(64(8,9)32(65)15-19-66(33,11)67(68,12)22-35(69)73)93-61-51(98-58-45(82)41(78)39(76)30(23-70)91-58)47(46(83)48(95-61)54(84)85)94-60-50(43(80)40(77)31(24-71)92-60)97-59-49(42(79)37(74)28(5)90-59)96-57-44(81)38(75)29(72)25-89-57/h13-14,28-53,57-62,70-83,88H,15-25H2,1-12H3,(H,84,85)/b26-13-,27-14-/t28-,29+,30+,31+,32-,33+,34-,35+,36-,37-,38-,39-,40-,41-,42+,43-,44+,45+,46-,47-,48-,49+,50+,51+,52-,53-,57-,58-,59-,60-,61+,62-,65-,66+,67-,68-,69-/m0/s1. The van der Waals surface area contributed by atoms with E-state index < -0.39 is 260 Å². The van der Waals surface area contributed by atoms with Gasteiger partial charge in [-0.05, 0) is 114 Å². The van der Waals surface area contributed by atoms with Crippen molar-refractivity contribution in [2.75, 3.05) is 19.8 Å². The number of carboxylic acid groups (broad SMARTS) is 1. The third kappa shape index (κ3) is 12.6. The van der Waals surface area contributed by atoms with E-state index in [1.807, 2.05) is 27.7 Å². The summed E-state index contributed by atoms with van der Waals surface area (Å²) in [4.78, 5) is 41.3. The van der Waals surface area contributed by atoms with Crippen LogP contribution in [0.3, 0.4) is 0 Å². The molecule has 6 aliphatic heterocycles. The van der Waals surface area contributed by atoms with Crippen LogP contribution in [0.2, 0.25) is 0 Å². The lowest BCUT2D eigenvalue weighted by Crippen LogP contribution is -2.77. The van der Waals surface area contributed by atoms with Gasteiger partial charge < -0.3 is 143 Å². The molecule has 1 spiro atoms. The van der Waals surface area contributed by atoms with Crippen molar-refractivity contribution in [2.24, 2.45) is 50.2 Å². The van der Waals surface area contributed by atoms with Gasteiger partial charge in [0.25, 0.3) is 0 Å². The van der Waals surface area contributed by atoms with Crippen molar-refractivity contribution < 1.29 is 158 Å². The summed E-state index contributed by atoms with van der Waals surface area (Å²) in [6, 6.07) is 0. The highest BCUT2D eigenvalue weighted by Gasteiger charge is 2.86. The Morgan fingerprint density at radius 1 is 0.515 bits per heavy atom. The number of esters is 2. The summed E-state index contributed by atoms with van der Waals surface area (Å²) in [5.74, 6) is -4.05. The molecule has 37 atom stereocenters. The number of aliphatic carboxylic acids is 1. The van der Waals surface area contributed by atoms with E-state index >= 15 is 0 Å². The Morgan fingerprint density at radius 3 is 1.64 bits per heavy atom. The highest BCUT2D eigenvalue weighted by molar-refractivity contribution is 5.89. The maximum atomic E-state index is 14.1. The smallest absolute Gasteiger partial charge is 0.335 e. The summed E-state index contributed by atoms with van der Waals surface area (Å²) >= 11 is 0. The highest BCUT2D eigenvalue weighted by atomic mass is 16.8. The number of carbonyl (C=O) groups excluding carboxylic acids is 2. The van der Waals surface area contributed by atoms with E-state index in [0.717, 1.165) is 0 Å². The number of fused-ring (bicyclic) bond motifs is 4. The molecular weight excluding hydrogens is 1340 g/mol. The van der Waals surface area contributed by atoms with E-state index in [4.69, 9.17) is 61.6 Å². The molecule has 0 amide bonds. The van der Waals surface area contributed by atoms with Crippen LogP contribution in [0.25, 0.3) is 0 Å². The third-order valence-electron chi connectivity index (χ3n) is 26.5. The Hall–Kier alpha value is -3.15. The van der Waals surface area contributed by atoms with Gasteiger partial charge in [0.15, 0.2) is 49.9 Å². The first-order valence-corrected chi connectivity index (χ1v) is 35.4. The average Bonchev–Trinajstić information content (AvgIpc) is 1.51. The van der Waals surface area contributed by atoms with Crippen molar-refractivity contribution in [3.8, 4) is 0 Å². The Morgan fingerprint density at radius 2 is 1.04 bits per heavy atom. The monoisotopic (exact) mass is 1450 g/mol. The fourth-order valence-electron chi connectivity index (χ4n) is 20.4. The molecule has 101 heavy (non-hydrogen) atoms. The minimum Gasteiger partial charge on any atom is -0.479 e. The molecular formula is C69H108O32. The van der Waals surface area contributed by atoms with Gasteiger partial charge in [0.05, 0.1) is 49.1 Å². The second-order valence-corrected chi connectivity index (χ2v) is 32.3. The van der Waals surface area contributed by atoms with Crippen molar-refractivity contribution >= 4 is 17.9 Å². The lowest BCUT2D eigenvalue weighted by molar-refractivity contribution is -0.411. The van der Waals surface area contributed by atoms with E-state index in [1.165, 1.54) is 6.92 Å². The topological polar surface area (TPSA) is 495 Å². The molecule has 2 bridgehead atoms. The molecule has 0 aromatic rings. The summed E-state index contributed by atoms with van der Waals surface area (Å²) in [6.45, 7) is 19.8. The van der Waals surface area contributed by atoms with Crippen LogP contribution < -0.4 is 0 Å². The van der Waals surface area contributed by atoms with Gasteiger partial charge in [0.1, 0.15) is 110 Å². The number of aliphatic hydroxyl groups is 15. The minimum absolute atomic E-state index is 0.1000. The number of ether oxygens (including phenoxy) is 13. The third-order valence-corrected chi connectivity index (χ3v) is 26.5. The van der Waals surface area contributed by atoms with Gasteiger partial charge >= 0.3 is 17.9 Å². The zero-order chi connectivity index (χ0) is 74.2. The van der Waals surface area contributed by atoms with Crippen LogP contribution in [0.4, 0.5) is 0 Å². The van der Waals surface area contributed by atoms with Gasteiger partial charge in [-0.2, -0.15) is 0 Å². The largest absolute Gasteiger partial charge is 0.479 e. The van der Waals surface area contributed by atoms with Crippen LogP contribution in [0.15, 0.2) is 23.3 Å². The van der Waals surface area contributed by atoms with Crippen LogP contribution >= 0.6 is 0 Å². The van der Waals surface area contributed by atoms with Gasteiger partial charge in [-0.15, -0.1) is 0 Å². The molecule has 5 aliphatic carbocycles. The Labute approximate surface area is 585 Å². The number of hydrogen-bond acceptors (Lipinski definition) is 31. The molecule has 11 rings (SSSR count). The lowest BCUT2D eigenvalue weighted by atomic mass is 9.30. The van der Waals surface area contributed by atoms with Gasteiger partial charge in [-0.3, -0.25) is 0 Å². The second-order valence-electron chi connectivity index (χ2n) is 32.3. The van der Waals surface area contributed by atoms with Crippen molar-refractivity contribution in [2.45, 2.75) is 318 Å². The molecule has 0 radical (unpaired) electrons. The number of carboxylic acids is 1. The SMILES string of the molecule is C/C=C(/C)C(=O)O[C@H]1[C@H](OC(=O)/C(C)=C\C)[C@]23[C@H](O)C[C@]4(C)[C@@](CC[C@@H]5[C@@]6(C)CC[C@H](O[C@@H]7O[C@H](C(=O)O)[C@@H](O)[C@H](O[C@@H]8O[C@H](CO)[C@H](O)[C@H](O)[C@H]8O[C@@H]8O[C@@H](C)[C@H](O)[C@@H](O)[C@H]8O[C@@H]8OC[C@@H](O)[C@H](O)[C@H]8O)[C@H]7O[C@@H]7O[C@H](CO)[C@H](O)[C@H](O)[C@H]7O)C(C)(C)[C@@H]6CC[C@]54C)(O[C@@H]2O)[C@@H]3CC1(C)C. The molecule has 32 nitrogen and oxygen atoms in total. The molecule has 11 aliphatic rings. The van der Waals surface area contributed by atoms with Crippen LogP contribution in [0.5, 0.6) is 0 Å². The molecule has 0 aromatic heterocycles. The zero-order valence-electron chi connectivity index (χ0n) is 59.1. The van der Waals surface area contributed by atoms with Crippen LogP contribution in [0, 0.1) is 50.2 Å². The van der Waals surface area contributed by atoms with Gasteiger partial charge in [-0.1, -0.05) is 60.6 Å². The number of carbonyl (C=O) groups is 3. The number of aliphatic hydroxyl groups excluding tert-OH is 15. The van der Waals surface area contributed by atoms with E-state index in [-0.39, 0.29) is 30.3 Å². The Kier molecular flexibility index (Phi) is 22.5. The number of rotatable bonds is 17. The lowest BCUT2D eigenvalue weighted by Gasteiger charge is -2.75. The molecule has 0 aromatic carbocycles. The van der Waals surface area contributed by atoms with Crippen LogP contribution in [0.1, 0.15) is 134 Å². The van der Waals surface area contributed by atoms with Gasteiger partial charge in [0, 0.05) is 27.9 Å². The summed E-state index contributed by atoms with van der Waals surface area (Å²) in [7, 11) is 0. The van der Waals surface area contributed by atoms with Gasteiger partial charge in [0.2, 0.25) is 0 Å². The van der Waals surface area contributed by atoms with Gasteiger partial charge in [-0.25, -0.2) is 14.4 Å². The Balaban J connectivity index is 0.914. The molecule has 5 saturated carbocycles. The van der Waals surface area contributed by atoms with Crippen LogP contribution in [-0.4, -0.2) is 303 Å². The number of hydrogen-bond donors (Lipinski definition) is 16. The summed E-state index contributed by atoms with van der Waals surface area (Å²) in [6.07, 6.45) is -46.9. The maximum Gasteiger partial charge on any atom is 0.335 e. The minimum atomic E-state index is -2.37. The normalized spacial score (nSPS) is 52.6. The van der Waals surface area contributed by atoms with E-state index in [1.54, 1.807) is 39.8 Å². The molecule has 11 fully saturated rings. The molecule has 6 saturated heterocycles. The first-order valence-electron chi connectivity index (χ1n) is 35.4. The van der Waals surface area contributed by atoms with Crippen molar-refractivity contribution in [3.63, 3.8) is 0 Å². The molecule has 16 N–H and O–H groups in total. The Bertz CT molecular complexity index is 3040. The van der Waals surface area contributed by atoms with E-state index in [0.29, 0.717) is 44.1 Å². The fourth-order valence-corrected chi connectivity index (χ4v) is 20.4. The van der Waals surface area contributed by atoms with Crippen molar-refractivity contribution in [1.82, 2.24) is 0 Å². The predicted octanol–water partition coefficient (Wildman–Crippen LogP) is -2.47. The first-order chi connectivity index (χ1) is 47.2. The van der Waals surface area contributed by atoms with Crippen LogP contribution in [-0.2, 0) is 76.0 Å². The number of allylic oxidation sites excluding steroid dienone is 2. The molecule has 576 valence electrons. The molecule has 6 heterocycles. The quantitative estimate of drug-likeness (QED) is 0.0407. The van der Waals surface area contributed by atoms with E-state index in [2.05, 4.69) is 20.8 Å².